The lowest BCUT2D eigenvalue weighted by Gasteiger charge is -2.40. The predicted molar refractivity (Wildman–Crippen MR) is 77.4 cm³/mol. The molecular formula is C16H26N2. The van der Waals surface area contributed by atoms with Gasteiger partial charge in [0.2, 0.25) is 0 Å². The van der Waals surface area contributed by atoms with Crippen LogP contribution in [0, 0.1) is 0 Å². The van der Waals surface area contributed by atoms with Crippen LogP contribution in [0.3, 0.4) is 0 Å². The highest BCUT2D eigenvalue weighted by atomic mass is 15.1. The molecule has 0 saturated heterocycles. The molecule has 0 aliphatic heterocycles. The zero-order valence-corrected chi connectivity index (χ0v) is 11.7. The zero-order valence-electron chi connectivity index (χ0n) is 11.7. The molecule has 0 atom stereocenters. The Hall–Kier alpha value is -0.860. The van der Waals surface area contributed by atoms with Crippen LogP contribution in [0.25, 0.3) is 0 Å². The number of nitrogens with two attached hydrogens (primary N) is 1. The van der Waals surface area contributed by atoms with Crippen LogP contribution in [0.5, 0.6) is 0 Å². The van der Waals surface area contributed by atoms with Gasteiger partial charge in [0.25, 0.3) is 0 Å². The van der Waals surface area contributed by atoms with Gasteiger partial charge in [0.05, 0.1) is 0 Å². The molecular weight excluding hydrogens is 220 g/mol. The van der Waals surface area contributed by atoms with Crippen molar-refractivity contribution in [3.63, 3.8) is 0 Å². The monoisotopic (exact) mass is 246 g/mol. The van der Waals surface area contributed by atoms with E-state index in [1.165, 1.54) is 24.8 Å². The van der Waals surface area contributed by atoms with Crippen LogP contribution in [0.15, 0.2) is 30.3 Å². The Bertz CT molecular complexity index is 355. The summed E-state index contributed by atoms with van der Waals surface area (Å²) in [6.07, 6.45) is 4.88. The number of hydrogen-bond donors (Lipinski definition) is 1. The minimum absolute atomic E-state index is 0.143. The molecule has 2 heteroatoms. The van der Waals surface area contributed by atoms with Crippen LogP contribution in [0.1, 0.15) is 45.1 Å². The lowest BCUT2D eigenvalue weighted by molar-refractivity contribution is 0.154. The molecule has 0 bridgehead atoms. The van der Waals surface area contributed by atoms with Crippen molar-refractivity contribution in [3.05, 3.63) is 35.9 Å². The predicted octanol–water partition coefficient (Wildman–Crippen LogP) is 3.17. The van der Waals surface area contributed by atoms with Gasteiger partial charge in [-0.3, -0.25) is 4.90 Å². The van der Waals surface area contributed by atoms with Crippen LogP contribution in [-0.4, -0.2) is 23.0 Å². The fourth-order valence-corrected chi connectivity index (χ4v) is 2.58. The van der Waals surface area contributed by atoms with Gasteiger partial charge in [0.1, 0.15) is 0 Å². The second-order valence-electron chi connectivity index (χ2n) is 6.02. The van der Waals surface area contributed by atoms with Crippen molar-refractivity contribution in [2.45, 2.75) is 57.7 Å². The van der Waals surface area contributed by atoms with E-state index in [2.05, 4.69) is 49.1 Å². The molecule has 0 aromatic heterocycles. The third kappa shape index (κ3) is 3.56. The molecule has 1 fully saturated rings. The first-order valence-corrected chi connectivity index (χ1v) is 7.16. The number of hydrogen-bond acceptors (Lipinski definition) is 2. The van der Waals surface area contributed by atoms with Crippen LogP contribution in [0.2, 0.25) is 0 Å². The summed E-state index contributed by atoms with van der Waals surface area (Å²) < 4.78 is 0. The molecule has 1 aliphatic carbocycles. The summed E-state index contributed by atoms with van der Waals surface area (Å²) in [5.41, 5.74) is 7.86. The second kappa shape index (κ2) is 5.85. The van der Waals surface area contributed by atoms with Gasteiger partial charge in [-0.25, -0.2) is 0 Å². The SMILES string of the molecule is CC(C)N(CCC1(N)CCC1)Cc1ccccc1. The molecule has 1 aromatic carbocycles. The molecule has 0 heterocycles. The summed E-state index contributed by atoms with van der Waals surface area (Å²) >= 11 is 0. The summed E-state index contributed by atoms with van der Waals surface area (Å²) in [4.78, 5) is 2.53. The van der Waals surface area contributed by atoms with E-state index in [1.807, 2.05) is 0 Å². The van der Waals surface area contributed by atoms with Gasteiger partial charge in [-0.05, 0) is 45.1 Å². The highest BCUT2D eigenvalue weighted by Crippen LogP contribution is 2.32. The average Bonchev–Trinajstić information content (AvgIpc) is 2.33. The van der Waals surface area contributed by atoms with Crippen LogP contribution in [0.4, 0.5) is 0 Å². The Morgan fingerprint density at radius 3 is 2.39 bits per heavy atom. The minimum Gasteiger partial charge on any atom is -0.325 e. The van der Waals surface area contributed by atoms with E-state index in [0.717, 1.165) is 19.5 Å². The highest BCUT2D eigenvalue weighted by molar-refractivity contribution is 5.14. The molecule has 1 aromatic rings. The molecule has 2 N–H and O–H groups in total. The maximum atomic E-state index is 6.32. The van der Waals surface area contributed by atoms with Gasteiger partial charge >= 0.3 is 0 Å². The molecule has 18 heavy (non-hydrogen) atoms. The zero-order chi connectivity index (χ0) is 13.0. The van der Waals surface area contributed by atoms with Gasteiger partial charge in [0, 0.05) is 24.7 Å². The van der Waals surface area contributed by atoms with Gasteiger partial charge in [0.15, 0.2) is 0 Å². The summed E-state index contributed by atoms with van der Waals surface area (Å²) in [7, 11) is 0. The molecule has 1 saturated carbocycles. The van der Waals surface area contributed by atoms with Crippen molar-refractivity contribution in [2.24, 2.45) is 5.73 Å². The summed E-state index contributed by atoms with van der Waals surface area (Å²) in [5, 5.41) is 0. The Morgan fingerprint density at radius 2 is 1.89 bits per heavy atom. The van der Waals surface area contributed by atoms with Crippen molar-refractivity contribution in [1.29, 1.82) is 0 Å². The lowest BCUT2D eigenvalue weighted by atomic mass is 9.75. The van der Waals surface area contributed by atoms with E-state index in [4.69, 9.17) is 5.73 Å². The van der Waals surface area contributed by atoms with Crippen molar-refractivity contribution < 1.29 is 0 Å². The standard InChI is InChI=1S/C16H26N2/c1-14(2)18(12-11-16(17)9-6-10-16)13-15-7-4-3-5-8-15/h3-5,7-8,14H,6,9-13,17H2,1-2H3. The van der Waals surface area contributed by atoms with E-state index < -0.39 is 0 Å². The van der Waals surface area contributed by atoms with Gasteiger partial charge in [-0.1, -0.05) is 30.3 Å². The Morgan fingerprint density at radius 1 is 1.22 bits per heavy atom. The molecule has 0 radical (unpaired) electrons. The van der Waals surface area contributed by atoms with Crippen molar-refractivity contribution >= 4 is 0 Å². The Labute approximate surface area is 111 Å². The van der Waals surface area contributed by atoms with E-state index >= 15 is 0 Å². The average molecular weight is 246 g/mol. The first kappa shape index (κ1) is 13.6. The molecule has 1 aliphatic rings. The number of benzene rings is 1. The van der Waals surface area contributed by atoms with Crippen molar-refractivity contribution in [3.8, 4) is 0 Å². The van der Waals surface area contributed by atoms with E-state index in [9.17, 15) is 0 Å². The normalized spacial score (nSPS) is 18.1. The third-order valence-corrected chi connectivity index (χ3v) is 4.21. The minimum atomic E-state index is 0.143. The maximum absolute atomic E-state index is 6.32. The van der Waals surface area contributed by atoms with Crippen molar-refractivity contribution in [1.82, 2.24) is 4.90 Å². The van der Waals surface area contributed by atoms with E-state index in [1.54, 1.807) is 0 Å². The molecule has 0 spiro atoms. The molecule has 0 amide bonds. The first-order chi connectivity index (χ1) is 8.59. The second-order valence-corrected chi connectivity index (χ2v) is 6.02. The van der Waals surface area contributed by atoms with Crippen LogP contribution >= 0.6 is 0 Å². The molecule has 2 nitrogen and oxygen atoms in total. The third-order valence-electron chi connectivity index (χ3n) is 4.21. The van der Waals surface area contributed by atoms with Crippen molar-refractivity contribution in [2.75, 3.05) is 6.54 Å². The largest absolute Gasteiger partial charge is 0.325 e. The lowest BCUT2D eigenvalue weighted by Crippen LogP contribution is -2.49. The quantitative estimate of drug-likeness (QED) is 0.835. The van der Waals surface area contributed by atoms with Gasteiger partial charge < -0.3 is 5.73 Å². The van der Waals surface area contributed by atoms with Gasteiger partial charge in [-0.2, -0.15) is 0 Å². The summed E-state index contributed by atoms with van der Waals surface area (Å²) in [6.45, 7) is 6.69. The Balaban J connectivity index is 1.88. The van der Waals surface area contributed by atoms with Gasteiger partial charge in [-0.15, -0.1) is 0 Å². The number of rotatable bonds is 6. The molecule has 2 rings (SSSR count). The van der Waals surface area contributed by atoms with E-state index in [0.29, 0.717) is 6.04 Å². The van der Waals surface area contributed by atoms with Crippen LogP contribution in [-0.2, 0) is 6.54 Å². The molecule has 100 valence electrons. The van der Waals surface area contributed by atoms with Crippen LogP contribution < -0.4 is 5.73 Å². The smallest absolute Gasteiger partial charge is 0.0236 e. The fourth-order valence-electron chi connectivity index (χ4n) is 2.58. The highest BCUT2D eigenvalue weighted by Gasteiger charge is 2.32. The molecule has 0 unspecified atom stereocenters. The van der Waals surface area contributed by atoms with E-state index in [-0.39, 0.29) is 5.54 Å². The topological polar surface area (TPSA) is 29.3 Å². The number of nitrogens with zero attached hydrogens (tertiary/aromatic N) is 1. The summed E-state index contributed by atoms with van der Waals surface area (Å²) in [5.74, 6) is 0. The Kier molecular flexibility index (Phi) is 4.41. The first-order valence-electron chi connectivity index (χ1n) is 7.16. The maximum Gasteiger partial charge on any atom is 0.0236 e. The fraction of sp³-hybridized carbons (Fsp3) is 0.625. The summed E-state index contributed by atoms with van der Waals surface area (Å²) in [6, 6.07) is 11.3.